The second-order valence-electron chi connectivity index (χ2n) is 6.11. The van der Waals surface area contributed by atoms with Gasteiger partial charge in [-0.3, -0.25) is 4.90 Å². The predicted octanol–water partition coefficient (Wildman–Crippen LogP) is 2.81. The van der Waals surface area contributed by atoms with Gasteiger partial charge in [-0.2, -0.15) is 0 Å². The van der Waals surface area contributed by atoms with Gasteiger partial charge in [0.1, 0.15) is 0 Å². The quantitative estimate of drug-likeness (QED) is 0.914. The van der Waals surface area contributed by atoms with Gasteiger partial charge in [0.25, 0.3) is 0 Å². The molecule has 3 heteroatoms. The molecule has 0 aromatic heterocycles. The number of hydrogen-bond donors (Lipinski definition) is 1. The van der Waals surface area contributed by atoms with Crippen LogP contribution in [0.3, 0.4) is 0 Å². The van der Waals surface area contributed by atoms with Crippen molar-refractivity contribution >= 4 is 11.8 Å². The molecular weight excluding hydrogens is 252 g/mol. The molecule has 1 aromatic rings. The molecule has 2 atom stereocenters. The molecule has 0 aliphatic carbocycles. The maximum absolute atomic E-state index is 3.65. The highest BCUT2D eigenvalue weighted by molar-refractivity contribution is 7.99. The lowest BCUT2D eigenvalue weighted by molar-refractivity contribution is 0.169. The van der Waals surface area contributed by atoms with E-state index in [1.54, 1.807) is 5.56 Å². The van der Waals surface area contributed by atoms with Crippen LogP contribution >= 0.6 is 11.8 Å². The average Bonchev–Trinajstić information content (AvgIpc) is 2.83. The Morgan fingerprint density at radius 3 is 3.05 bits per heavy atom. The highest BCUT2D eigenvalue weighted by Gasteiger charge is 2.28. The fourth-order valence-electron chi connectivity index (χ4n) is 3.15. The van der Waals surface area contributed by atoms with Gasteiger partial charge in [-0.15, -0.1) is 11.8 Å². The van der Waals surface area contributed by atoms with E-state index in [1.807, 2.05) is 11.8 Å². The molecule has 0 bridgehead atoms. The monoisotopic (exact) mass is 276 g/mol. The van der Waals surface area contributed by atoms with E-state index in [-0.39, 0.29) is 0 Å². The van der Waals surface area contributed by atoms with Crippen molar-refractivity contribution in [2.75, 3.05) is 31.9 Å². The fraction of sp³-hybridized carbons (Fsp3) is 0.625. The van der Waals surface area contributed by atoms with Crippen molar-refractivity contribution in [1.82, 2.24) is 10.2 Å². The summed E-state index contributed by atoms with van der Waals surface area (Å²) in [6.45, 7) is 9.43. The van der Waals surface area contributed by atoms with E-state index in [0.717, 1.165) is 18.4 Å². The third-order valence-electron chi connectivity index (χ3n) is 4.37. The van der Waals surface area contributed by atoms with Gasteiger partial charge in [0.2, 0.25) is 0 Å². The number of nitrogens with zero attached hydrogens (tertiary/aromatic N) is 1. The summed E-state index contributed by atoms with van der Waals surface area (Å²) in [5.41, 5.74) is 1.58. The van der Waals surface area contributed by atoms with E-state index in [0.29, 0.717) is 6.04 Å². The molecule has 2 aliphatic heterocycles. The van der Waals surface area contributed by atoms with Gasteiger partial charge in [0.05, 0.1) is 0 Å². The Labute approximate surface area is 121 Å². The molecular formula is C16H24N2S. The first-order chi connectivity index (χ1) is 9.24. The lowest BCUT2D eigenvalue weighted by atomic mass is 9.98. The Bertz CT molecular complexity index is 433. The number of piperazine rings is 1. The van der Waals surface area contributed by atoms with E-state index < -0.39 is 0 Å². The lowest BCUT2D eigenvalue weighted by Crippen LogP contribution is -2.53. The smallest absolute Gasteiger partial charge is 0.0218 e. The Kier molecular flexibility index (Phi) is 4.15. The first kappa shape index (κ1) is 13.5. The summed E-state index contributed by atoms with van der Waals surface area (Å²) in [6, 6.07) is 9.61. The summed E-state index contributed by atoms with van der Waals surface area (Å²) in [5, 5.41) is 3.65. The van der Waals surface area contributed by atoms with E-state index in [9.17, 15) is 0 Å². The third kappa shape index (κ3) is 2.99. The van der Waals surface area contributed by atoms with Crippen LogP contribution in [-0.2, 0) is 0 Å². The predicted molar refractivity (Wildman–Crippen MR) is 83.0 cm³/mol. The SMILES string of the molecule is CC(C)C1CN(CC2CSc3ccccc32)CCN1. The minimum Gasteiger partial charge on any atom is -0.311 e. The second-order valence-corrected chi connectivity index (χ2v) is 7.17. The van der Waals surface area contributed by atoms with Crippen molar-refractivity contribution in [3.05, 3.63) is 29.8 Å². The molecule has 1 saturated heterocycles. The van der Waals surface area contributed by atoms with Crippen LogP contribution in [-0.4, -0.2) is 42.9 Å². The van der Waals surface area contributed by atoms with Crippen molar-refractivity contribution in [3.8, 4) is 0 Å². The van der Waals surface area contributed by atoms with Crippen molar-refractivity contribution < 1.29 is 0 Å². The molecule has 0 radical (unpaired) electrons. The first-order valence-corrected chi connectivity index (χ1v) is 8.40. The number of fused-ring (bicyclic) bond motifs is 1. The number of rotatable bonds is 3. The number of nitrogens with one attached hydrogen (secondary N) is 1. The van der Waals surface area contributed by atoms with E-state index in [4.69, 9.17) is 0 Å². The summed E-state index contributed by atoms with van der Waals surface area (Å²) < 4.78 is 0. The third-order valence-corrected chi connectivity index (χ3v) is 5.62. The van der Waals surface area contributed by atoms with Gasteiger partial charge in [-0.25, -0.2) is 0 Å². The van der Waals surface area contributed by atoms with Crippen molar-refractivity contribution in [2.45, 2.75) is 30.7 Å². The highest BCUT2D eigenvalue weighted by atomic mass is 32.2. The molecule has 3 rings (SSSR count). The summed E-state index contributed by atoms with van der Waals surface area (Å²) in [4.78, 5) is 4.16. The molecule has 2 heterocycles. The first-order valence-electron chi connectivity index (χ1n) is 7.41. The summed E-state index contributed by atoms with van der Waals surface area (Å²) in [5.74, 6) is 2.72. The number of hydrogen-bond acceptors (Lipinski definition) is 3. The minimum absolute atomic E-state index is 0.665. The molecule has 104 valence electrons. The summed E-state index contributed by atoms with van der Waals surface area (Å²) in [6.07, 6.45) is 0. The Balaban J connectivity index is 1.63. The summed E-state index contributed by atoms with van der Waals surface area (Å²) >= 11 is 2.03. The van der Waals surface area contributed by atoms with Gasteiger partial charge >= 0.3 is 0 Å². The molecule has 1 aromatic carbocycles. The van der Waals surface area contributed by atoms with E-state index in [2.05, 4.69) is 48.3 Å². The average molecular weight is 276 g/mol. The standard InChI is InChI=1S/C16H24N2S/c1-12(2)15-10-18(8-7-17-15)9-13-11-19-16-6-4-3-5-14(13)16/h3-6,12-13,15,17H,7-11H2,1-2H3. The number of benzene rings is 1. The van der Waals surface area contributed by atoms with Gasteiger partial charge in [-0.1, -0.05) is 32.0 Å². The molecule has 2 nitrogen and oxygen atoms in total. The van der Waals surface area contributed by atoms with E-state index in [1.165, 1.54) is 30.3 Å². The second kappa shape index (κ2) is 5.86. The molecule has 0 amide bonds. The van der Waals surface area contributed by atoms with Crippen molar-refractivity contribution in [2.24, 2.45) is 5.92 Å². The fourth-order valence-corrected chi connectivity index (χ4v) is 4.39. The van der Waals surface area contributed by atoms with E-state index >= 15 is 0 Å². The van der Waals surface area contributed by atoms with Crippen LogP contribution in [0.4, 0.5) is 0 Å². The molecule has 0 saturated carbocycles. The van der Waals surface area contributed by atoms with Crippen molar-refractivity contribution in [3.63, 3.8) is 0 Å². The molecule has 0 spiro atoms. The van der Waals surface area contributed by atoms with Gasteiger partial charge < -0.3 is 5.32 Å². The van der Waals surface area contributed by atoms with Gasteiger partial charge in [-0.05, 0) is 17.5 Å². The Hall–Kier alpha value is -0.510. The van der Waals surface area contributed by atoms with Crippen LogP contribution in [0.5, 0.6) is 0 Å². The lowest BCUT2D eigenvalue weighted by Gasteiger charge is -2.37. The summed E-state index contributed by atoms with van der Waals surface area (Å²) in [7, 11) is 0. The zero-order chi connectivity index (χ0) is 13.2. The van der Waals surface area contributed by atoms with Crippen LogP contribution < -0.4 is 5.32 Å². The van der Waals surface area contributed by atoms with Crippen molar-refractivity contribution in [1.29, 1.82) is 0 Å². The van der Waals surface area contributed by atoms with Crippen LogP contribution in [0.15, 0.2) is 29.2 Å². The van der Waals surface area contributed by atoms with Crippen LogP contribution in [0.25, 0.3) is 0 Å². The molecule has 2 unspecified atom stereocenters. The Morgan fingerprint density at radius 2 is 2.21 bits per heavy atom. The highest BCUT2D eigenvalue weighted by Crippen LogP contribution is 2.39. The van der Waals surface area contributed by atoms with Gasteiger partial charge in [0.15, 0.2) is 0 Å². The van der Waals surface area contributed by atoms with Crippen LogP contribution in [0.1, 0.15) is 25.3 Å². The van der Waals surface area contributed by atoms with Gasteiger partial charge in [0, 0.05) is 48.8 Å². The Morgan fingerprint density at radius 1 is 1.37 bits per heavy atom. The molecule has 2 aliphatic rings. The zero-order valence-corrected chi connectivity index (χ0v) is 12.7. The van der Waals surface area contributed by atoms with Crippen LogP contribution in [0.2, 0.25) is 0 Å². The normalized spacial score (nSPS) is 27.7. The molecule has 1 N–H and O–H groups in total. The zero-order valence-electron chi connectivity index (χ0n) is 11.9. The maximum atomic E-state index is 3.65. The molecule has 1 fully saturated rings. The molecule has 19 heavy (non-hydrogen) atoms. The maximum Gasteiger partial charge on any atom is 0.0218 e. The van der Waals surface area contributed by atoms with Crippen LogP contribution in [0, 0.1) is 5.92 Å². The minimum atomic E-state index is 0.665. The topological polar surface area (TPSA) is 15.3 Å². The largest absolute Gasteiger partial charge is 0.311 e. The number of thioether (sulfide) groups is 1.